The number of hydrogen-bond acceptors (Lipinski definition) is 4. The van der Waals surface area contributed by atoms with E-state index in [1.165, 1.54) is 0 Å². The number of nitrogens with two attached hydrogens (primary N) is 1. The lowest BCUT2D eigenvalue weighted by Crippen LogP contribution is -2.32. The highest BCUT2D eigenvalue weighted by Gasteiger charge is 2.43. The molecule has 1 saturated heterocycles. The van der Waals surface area contributed by atoms with Crippen molar-refractivity contribution in [3.8, 4) is 0 Å². The molecule has 1 aromatic rings. The van der Waals surface area contributed by atoms with E-state index in [-0.39, 0.29) is 29.4 Å². The number of halogens is 1. The van der Waals surface area contributed by atoms with E-state index in [0.717, 1.165) is 12.8 Å². The third-order valence-corrected chi connectivity index (χ3v) is 4.48. The number of fused-ring (bicyclic) bond motifs is 1. The minimum Gasteiger partial charge on any atom is -0.393 e. The highest BCUT2D eigenvalue weighted by Crippen LogP contribution is 2.38. The summed E-state index contributed by atoms with van der Waals surface area (Å²) >= 11 is 6.00. The molecule has 1 saturated carbocycles. The normalized spacial score (nSPS) is 29.6. The number of aromatic nitrogens is 1. The first-order valence-electron chi connectivity index (χ1n) is 6.45. The van der Waals surface area contributed by atoms with Crippen molar-refractivity contribution in [1.82, 2.24) is 9.88 Å². The van der Waals surface area contributed by atoms with E-state index >= 15 is 0 Å². The predicted molar refractivity (Wildman–Crippen MR) is 71.8 cm³/mol. The molecular formula is C13H16ClN3O2. The lowest BCUT2D eigenvalue weighted by atomic mass is 10.00. The van der Waals surface area contributed by atoms with Crippen molar-refractivity contribution in [2.24, 2.45) is 11.8 Å². The van der Waals surface area contributed by atoms with E-state index in [9.17, 15) is 9.90 Å². The molecule has 102 valence electrons. The van der Waals surface area contributed by atoms with E-state index in [2.05, 4.69) is 4.98 Å². The van der Waals surface area contributed by atoms with Crippen molar-refractivity contribution in [3.05, 3.63) is 22.8 Å². The second-order valence-corrected chi connectivity index (χ2v) is 5.75. The zero-order valence-electron chi connectivity index (χ0n) is 10.4. The van der Waals surface area contributed by atoms with Gasteiger partial charge < -0.3 is 15.7 Å². The molecule has 0 radical (unpaired) electrons. The lowest BCUT2D eigenvalue weighted by molar-refractivity contribution is 0.0747. The maximum Gasteiger partial charge on any atom is 0.274 e. The Bertz CT molecular complexity index is 523. The predicted octanol–water partition coefficient (Wildman–Crippen LogP) is 1.16. The number of aliphatic hydroxyl groups is 1. The van der Waals surface area contributed by atoms with Gasteiger partial charge >= 0.3 is 0 Å². The molecule has 2 heterocycles. The SMILES string of the molecule is Nc1ccc(Cl)c(C(=O)N2CC3CCC(O)C3C2)n1. The van der Waals surface area contributed by atoms with Crippen molar-refractivity contribution in [2.75, 3.05) is 18.8 Å². The molecule has 1 aromatic heterocycles. The van der Waals surface area contributed by atoms with E-state index in [1.807, 2.05) is 0 Å². The number of rotatable bonds is 1. The van der Waals surface area contributed by atoms with Crippen LogP contribution in [0, 0.1) is 11.8 Å². The van der Waals surface area contributed by atoms with Crippen LogP contribution in [0.15, 0.2) is 12.1 Å². The number of likely N-dealkylation sites (tertiary alicyclic amines) is 1. The van der Waals surface area contributed by atoms with Gasteiger partial charge in [0.2, 0.25) is 0 Å². The van der Waals surface area contributed by atoms with Crippen LogP contribution in [-0.2, 0) is 0 Å². The number of anilines is 1. The zero-order valence-corrected chi connectivity index (χ0v) is 11.2. The van der Waals surface area contributed by atoms with Gasteiger partial charge in [0, 0.05) is 19.0 Å². The number of nitrogen functional groups attached to an aromatic ring is 1. The third-order valence-electron chi connectivity index (χ3n) is 4.18. The molecule has 2 aliphatic rings. The van der Waals surface area contributed by atoms with Crippen LogP contribution in [0.1, 0.15) is 23.3 Å². The molecular weight excluding hydrogens is 266 g/mol. The highest BCUT2D eigenvalue weighted by atomic mass is 35.5. The Labute approximate surface area is 116 Å². The molecule has 19 heavy (non-hydrogen) atoms. The minimum absolute atomic E-state index is 0.195. The summed E-state index contributed by atoms with van der Waals surface area (Å²) < 4.78 is 0. The molecule has 2 fully saturated rings. The van der Waals surface area contributed by atoms with E-state index in [0.29, 0.717) is 24.0 Å². The fourth-order valence-electron chi connectivity index (χ4n) is 3.16. The molecule has 3 N–H and O–H groups in total. The molecule has 6 heteroatoms. The van der Waals surface area contributed by atoms with Gasteiger partial charge in [-0.15, -0.1) is 0 Å². The summed E-state index contributed by atoms with van der Waals surface area (Å²) in [4.78, 5) is 18.1. The van der Waals surface area contributed by atoms with Crippen LogP contribution < -0.4 is 5.73 Å². The highest BCUT2D eigenvalue weighted by molar-refractivity contribution is 6.33. The van der Waals surface area contributed by atoms with Crippen LogP contribution in [0.2, 0.25) is 5.02 Å². The van der Waals surface area contributed by atoms with E-state index in [4.69, 9.17) is 17.3 Å². The smallest absolute Gasteiger partial charge is 0.274 e. The van der Waals surface area contributed by atoms with E-state index < -0.39 is 0 Å². The lowest BCUT2D eigenvalue weighted by Gasteiger charge is -2.18. The van der Waals surface area contributed by atoms with Gasteiger partial charge in [-0.1, -0.05) is 11.6 Å². The van der Waals surface area contributed by atoms with Crippen molar-refractivity contribution in [2.45, 2.75) is 18.9 Å². The Hall–Kier alpha value is -1.33. The van der Waals surface area contributed by atoms with Crippen LogP contribution in [-0.4, -0.2) is 40.1 Å². The molecule has 3 atom stereocenters. The molecule has 3 rings (SSSR count). The number of hydrogen-bond donors (Lipinski definition) is 2. The Morgan fingerprint density at radius 2 is 2.21 bits per heavy atom. The van der Waals surface area contributed by atoms with Gasteiger partial charge in [-0.05, 0) is 30.9 Å². The van der Waals surface area contributed by atoms with Gasteiger partial charge in [-0.2, -0.15) is 0 Å². The maximum atomic E-state index is 12.4. The number of carbonyl (C=O) groups is 1. The van der Waals surface area contributed by atoms with Crippen molar-refractivity contribution in [3.63, 3.8) is 0 Å². The molecule has 1 aliphatic heterocycles. The topological polar surface area (TPSA) is 79.5 Å². The van der Waals surface area contributed by atoms with Crippen LogP contribution in [0.3, 0.4) is 0 Å². The number of carbonyl (C=O) groups excluding carboxylic acids is 1. The molecule has 1 aliphatic carbocycles. The van der Waals surface area contributed by atoms with Gasteiger partial charge in [-0.3, -0.25) is 4.79 Å². The van der Waals surface area contributed by atoms with Crippen LogP contribution in [0.4, 0.5) is 5.82 Å². The van der Waals surface area contributed by atoms with Gasteiger partial charge in [0.05, 0.1) is 11.1 Å². The quantitative estimate of drug-likeness (QED) is 0.810. The standard InChI is InChI=1S/C13H16ClN3O2/c14-9-2-4-11(15)16-12(9)13(19)17-5-7-1-3-10(18)8(7)6-17/h2,4,7-8,10,18H,1,3,5-6H2,(H2,15,16). The maximum absolute atomic E-state index is 12.4. The Morgan fingerprint density at radius 3 is 2.95 bits per heavy atom. The summed E-state index contributed by atoms with van der Waals surface area (Å²) in [5, 5.41) is 10.2. The average molecular weight is 282 g/mol. The summed E-state index contributed by atoms with van der Waals surface area (Å²) in [5.41, 5.74) is 5.80. The Kier molecular flexibility index (Phi) is 3.11. The van der Waals surface area contributed by atoms with Crippen LogP contribution in [0.25, 0.3) is 0 Å². The van der Waals surface area contributed by atoms with Gasteiger partial charge in [0.25, 0.3) is 5.91 Å². The molecule has 0 bridgehead atoms. The number of nitrogens with zero attached hydrogens (tertiary/aromatic N) is 2. The average Bonchev–Trinajstić information content (AvgIpc) is 2.94. The van der Waals surface area contributed by atoms with Gasteiger partial charge in [-0.25, -0.2) is 4.98 Å². The van der Waals surface area contributed by atoms with Gasteiger partial charge in [0.1, 0.15) is 11.5 Å². The molecule has 0 spiro atoms. The van der Waals surface area contributed by atoms with Crippen molar-refractivity contribution in [1.29, 1.82) is 0 Å². The molecule has 3 unspecified atom stereocenters. The van der Waals surface area contributed by atoms with E-state index in [1.54, 1.807) is 17.0 Å². The summed E-state index contributed by atoms with van der Waals surface area (Å²) in [6.45, 7) is 1.25. The molecule has 0 aromatic carbocycles. The zero-order chi connectivity index (χ0) is 13.6. The molecule has 1 amide bonds. The van der Waals surface area contributed by atoms with Crippen LogP contribution in [0.5, 0.6) is 0 Å². The second kappa shape index (κ2) is 4.65. The second-order valence-electron chi connectivity index (χ2n) is 5.35. The molecule has 5 nitrogen and oxygen atoms in total. The first-order valence-corrected chi connectivity index (χ1v) is 6.83. The Morgan fingerprint density at radius 1 is 1.42 bits per heavy atom. The fraction of sp³-hybridized carbons (Fsp3) is 0.538. The number of amides is 1. The number of aliphatic hydroxyl groups excluding tert-OH is 1. The van der Waals surface area contributed by atoms with Crippen molar-refractivity contribution >= 4 is 23.3 Å². The first kappa shape index (κ1) is 12.7. The monoisotopic (exact) mass is 281 g/mol. The van der Waals surface area contributed by atoms with Crippen molar-refractivity contribution < 1.29 is 9.90 Å². The summed E-state index contributed by atoms with van der Waals surface area (Å²) in [6, 6.07) is 3.16. The Balaban J connectivity index is 1.80. The van der Waals surface area contributed by atoms with Crippen LogP contribution >= 0.6 is 11.6 Å². The summed E-state index contributed by atoms with van der Waals surface area (Å²) in [7, 11) is 0. The minimum atomic E-state index is -0.285. The first-order chi connectivity index (χ1) is 9.06. The van der Waals surface area contributed by atoms with Gasteiger partial charge in [0.15, 0.2) is 0 Å². The largest absolute Gasteiger partial charge is 0.393 e. The number of pyridine rings is 1. The third kappa shape index (κ3) is 2.17. The fourth-order valence-corrected chi connectivity index (χ4v) is 3.35. The summed E-state index contributed by atoms with van der Waals surface area (Å²) in [6.07, 6.45) is 1.54. The summed E-state index contributed by atoms with van der Waals surface area (Å²) in [5.74, 6) is 0.689.